The first-order chi connectivity index (χ1) is 12.2. The summed E-state index contributed by atoms with van der Waals surface area (Å²) in [4.78, 5) is 12.1. The minimum absolute atomic E-state index is 0.0608. The van der Waals surface area contributed by atoms with Crippen molar-refractivity contribution >= 4 is 21.6 Å². The Morgan fingerprint density at radius 1 is 1.15 bits per heavy atom. The maximum Gasteiger partial charge on any atom is 0.251 e. The van der Waals surface area contributed by atoms with Crippen LogP contribution in [0, 0.1) is 11.6 Å². The largest absolute Gasteiger partial charge is 0.497 e. The summed E-state index contributed by atoms with van der Waals surface area (Å²) in [6.45, 7) is -0.266. The third-order valence-electron chi connectivity index (χ3n) is 3.53. The van der Waals surface area contributed by atoms with E-state index in [-0.39, 0.29) is 18.8 Å². The first kappa shape index (κ1) is 19.6. The van der Waals surface area contributed by atoms with Gasteiger partial charge in [0.15, 0.2) is 0 Å². The number of sulfonamides is 1. The summed E-state index contributed by atoms with van der Waals surface area (Å²) in [5.74, 6) is -1.64. The van der Waals surface area contributed by atoms with Crippen molar-refractivity contribution in [3.63, 3.8) is 0 Å². The highest BCUT2D eigenvalue weighted by Crippen LogP contribution is 2.22. The Morgan fingerprint density at radius 2 is 1.81 bits per heavy atom. The van der Waals surface area contributed by atoms with E-state index in [9.17, 15) is 22.0 Å². The molecule has 1 amide bonds. The van der Waals surface area contributed by atoms with Gasteiger partial charge in [0.25, 0.3) is 5.91 Å². The van der Waals surface area contributed by atoms with Crippen LogP contribution in [0.4, 0.5) is 14.5 Å². The van der Waals surface area contributed by atoms with Gasteiger partial charge in [-0.05, 0) is 36.4 Å². The normalized spacial score (nSPS) is 11.1. The van der Waals surface area contributed by atoms with Gasteiger partial charge in [-0.3, -0.25) is 9.10 Å². The van der Waals surface area contributed by atoms with Crippen molar-refractivity contribution in [1.82, 2.24) is 5.32 Å². The summed E-state index contributed by atoms with van der Waals surface area (Å²) in [5.41, 5.74) is 0.0808. The average Bonchev–Trinajstić information content (AvgIpc) is 2.58. The molecule has 1 N–H and O–H groups in total. The quantitative estimate of drug-likeness (QED) is 0.794. The van der Waals surface area contributed by atoms with Gasteiger partial charge in [-0.25, -0.2) is 17.2 Å². The maximum atomic E-state index is 13.9. The summed E-state index contributed by atoms with van der Waals surface area (Å²) in [5, 5.41) is 2.56. The predicted octanol–water partition coefficient (Wildman–Crippen LogP) is 2.17. The van der Waals surface area contributed by atoms with E-state index in [4.69, 9.17) is 4.74 Å². The molecule has 0 bridgehead atoms. The summed E-state index contributed by atoms with van der Waals surface area (Å²) < 4.78 is 56.6. The Bertz CT molecular complexity index is 886. The van der Waals surface area contributed by atoms with Gasteiger partial charge < -0.3 is 10.1 Å². The lowest BCUT2D eigenvalue weighted by atomic mass is 10.2. The van der Waals surface area contributed by atoms with Crippen molar-refractivity contribution < 1.29 is 26.7 Å². The van der Waals surface area contributed by atoms with Crippen LogP contribution in [-0.2, 0) is 10.0 Å². The van der Waals surface area contributed by atoms with Crippen LogP contribution in [0.5, 0.6) is 5.75 Å². The number of hydrogen-bond acceptors (Lipinski definition) is 4. The number of benzene rings is 2. The number of rotatable bonds is 7. The highest BCUT2D eigenvalue weighted by Gasteiger charge is 2.21. The smallest absolute Gasteiger partial charge is 0.251 e. The van der Waals surface area contributed by atoms with Gasteiger partial charge in [-0.15, -0.1) is 0 Å². The highest BCUT2D eigenvalue weighted by molar-refractivity contribution is 7.92. The number of halogens is 2. The van der Waals surface area contributed by atoms with Gasteiger partial charge in [0.2, 0.25) is 10.0 Å². The van der Waals surface area contributed by atoms with Crippen molar-refractivity contribution in [3.8, 4) is 5.75 Å². The topological polar surface area (TPSA) is 75.7 Å². The third-order valence-corrected chi connectivity index (χ3v) is 4.71. The second-order valence-electron chi connectivity index (χ2n) is 5.42. The molecule has 0 aliphatic carbocycles. The molecule has 0 radical (unpaired) electrons. The van der Waals surface area contributed by atoms with E-state index < -0.39 is 27.6 Å². The van der Waals surface area contributed by atoms with Crippen LogP contribution >= 0.6 is 0 Å². The average molecular weight is 384 g/mol. The zero-order valence-corrected chi connectivity index (χ0v) is 15.0. The minimum atomic E-state index is -3.82. The number of methoxy groups -OCH3 is 1. The van der Waals surface area contributed by atoms with E-state index in [2.05, 4.69) is 5.32 Å². The number of carbonyl (C=O) groups is 1. The number of hydrogen-bond donors (Lipinski definition) is 1. The monoisotopic (exact) mass is 384 g/mol. The molecule has 0 saturated heterocycles. The number of ether oxygens (including phenoxy) is 1. The number of anilines is 1. The van der Waals surface area contributed by atoms with Gasteiger partial charge in [-0.1, -0.05) is 0 Å². The number of carbonyl (C=O) groups excluding carboxylic acids is 1. The summed E-state index contributed by atoms with van der Waals surface area (Å²) >= 11 is 0. The van der Waals surface area contributed by atoms with Gasteiger partial charge in [0.05, 0.1) is 25.6 Å². The van der Waals surface area contributed by atoms with Gasteiger partial charge >= 0.3 is 0 Å². The Hall–Kier alpha value is -2.68. The molecule has 2 aromatic rings. The van der Waals surface area contributed by atoms with E-state index in [1.165, 1.54) is 7.11 Å². The third kappa shape index (κ3) is 4.92. The molecule has 6 nitrogen and oxygen atoms in total. The number of nitrogens with zero attached hydrogens (tertiary/aromatic N) is 1. The van der Waals surface area contributed by atoms with Crippen LogP contribution in [-0.4, -0.2) is 40.8 Å². The number of amides is 1. The van der Waals surface area contributed by atoms with Gasteiger partial charge in [0, 0.05) is 18.2 Å². The fourth-order valence-electron chi connectivity index (χ4n) is 2.26. The molecule has 0 spiro atoms. The molecule has 2 rings (SSSR count). The predicted molar refractivity (Wildman–Crippen MR) is 93.9 cm³/mol. The first-order valence-corrected chi connectivity index (χ1v) is 9.42. The number of nitrogens with one attached hydrogen (secondary N) is 1. The van der Waals surface area contributed by atoms with E-state index in [0.717, 1.165) is 22.7 Å². The lowest BCUT2D eigenvalue weighted by Gasteiger charge is -2.23. The van der Waals surface area contributed by atoms with Crippen molar-refractivity contribution in [2.45, 2.75) is 0 Å². The second kappa shape index (κ2) is 8.13. The Labute approximate surface area is 150 Å². The van der Waals surface area contributed by atoms with Crippen molar-refractivity contribution in [1.29, 1.82) is 0 Å². The molecule has 26 heavy (non-hydrogen) atoms. The van der Waals surface area contributed by atoms with Gasteiger partial charge in [0.1, 0.15) is 17.4 Å². The van der Waals surface area contributed by atoms with E-state index in [1.54, 1.807) is 24.3 Å². The molecule has 0 fully saturated rings. The second-order valence-corrected chi connectivity index (χ2v) is 7.32. The van der Waals surface area contributed by atoms with Crippen LogP contribution < -0.4 is 14.4 Å². The molecule has 0 unspecified atom stereocenters. The first-order valence-electron chi connectivity index (χ1n) is 7.57. The van der Waals surface area contributed by atoms with Crippen molar-refractivity contribution in [3.05, 3.63) is 59.7 Å². The maximum absolute atomic E-state index is 13.9. The Kier molecular flexibility index (Phi) is 6.14. The molecule has 0 aliphatic heterocycles. The fraction of sp³-hybridized carbons (Fsp3) is 0.235. The summed E-state index contributed by atoms with van der Waals surface area (Å²) in [6.07, 6.45) is 0.904. The molecule has 0 saturated carbocycles. The van der Waals surface area contributed by atoms with E-state index in [0.29, 0.717) is 17.4 Å². The summed E-state index contributed by atoms with van der Waals surface area (Å²) in [7, 11) is -2.32. The van der Waals surface area contributed by atoms with Crippen LogP contribution in [0.3, 0.4) is 0 Å². The molecule has 0 aromatic heterocycles. The zero-order chi connectivity index (χ0) is 19.3. The van der Waals surface area contributed by atoms with Crippen molar-refractivity contribution in [2.24, 2.45) is 0 Å². The lowest BCUT2D eigenvalue weighted by molar-refractivity contribution is 0.0955. The van der Waals surface area contributed by atoms with Crippen LogP contribution in [0.1, 0.15) is 10.4 Å². The Balaban J connectivity index is 2.07. The molecule has 140 valence electrons. The van der Waals surface area contributed by atoms with Crippen molar-refractivity contribution in [2.75, 3.05) is 30.8 Å². The highest BCUT2D eigenvalue weighted by atomic mass is 32.2. The Morgan fingerprint density at radius 3 is 2.35 bits per heavy atom. The molecule has 0 atom stereocenters. The molecule has 0 aliphatic rings. The lowest BCUT2D eigenvalue weighted by Crippen LogP contribution is -2.38. The van der Waals surface area contributed by atoms with Crippen LogP contribution in [0.2, 0.25) is 0 Å². The van der Waals surface area contributed by atoms with Crippen LogP contribution in [0.25, 0.3) is 0 Å². The van der Waals surface area contributed by atoms with E-state index >= 15 is 0 Å². The molecule has 0 heterocycles. The molecular weight excluding hydrogens is 366 g/mol. The van der Waals surface area contributed by atoms with Crippen LogP contribution in [0.15, 0.2) is 42.5 Å². The zero-order valence-electron chi connectivity index (χ0n) is 14.2. The van der Waals surface area contributed by atoms with E-state index in [1.807, 2.05) is 0 Å². The fourth-order valence-corrected chi connectivity index (χ4v) is 3.19. The minimum Gasteiger partial charge on any atom is -0.497 e. The van der Waals surface area contributed by atoms with Gasteiger partial charge in [-0.2, -0.15) is 0 Å². The molecular formula is C17H18F2N2O4S. The summed E-state index contributed by atoms with van der Waals surface area (Å²) in [6, 6.07) is 8.95. The SMILES string of the molecule is COc1ccc(C(=O)NCCN(c2ccc(F)cc2F)S(C)(=O)=O)cc1. The standard InChI is InChI=1S/C17H18F2N2O4S/c1-25-14-6-3-12(4-7-14)17(22)20-9-10-21(26(2,23)24)16-8-5-13(18)11-15(16)19/h3-8,11H,9-10H2,1-2H3,(H,20,22). The molecule has 2 aromatic carbocycles. The molecule has 9 heteroatoms.